The first-order valence-corrected chi connectivity index (χ1v) is 27.7. The molecule has 6 aromatic rings. The van der Waals surface area contributed by atoms with Crippen molar-refractivity contribution in [1.82, 2.24) is 5.32 Å². The summed E-state index contributed by atoms with van der Waals surface area (Å²) < 4.78 is 74.2. The Bertz CT molecular complexity index is 3070. The van der Waals surface area contributed by atoms with Crippen molar-refractivity contribution in [3.8, 4) is 34.1 Å². The van der Waals surface area contributed by atoms with E-state index in [2.05, 4.69) is 5.32 Å². The van der Waals surface area contributed by atoms with Crippen LogP contribution < -0.4 is 24.3 Å². The molecule has 0 saturated carbocycles. The number of hydrogen-bond donors (Lipinski definition) is 5. The number of carboxylic acid groups (broad SMARTS) is 2. The first kappa shape index (κ1) is 63.1. The zero-order valence-electron chi connectivity index (χ0n) is 42.7. The molecule has 0 radical (unpaired) electrons. The van der Waals surface area contributed by atoms with Crippen LogP contribution in [0.15, 0.2) is 119 Å². The van der Waals surface area contributed by atoms with E-state index >= 15 is 0 Å². The van der Waals surface area contributed by atoms with E-state index in [-0.39, 0.29) is 104 Å². The molecule has 0 bridgehead atoms. The van der Waals surface area contributed by atoms with Gasteiger partial charge in [-0.05, 0) is 127 Å². The second-order valence-corrected chi connectivity index (χ2v) is 23.5. The molecule has 0 saturated heterocycles. The highest BCUT2D eigenvalue weighted by Gasteiger charge is 2.33. The molecule has 0 aliphatic heterocycles. The molecule has 2 atom stereocenters. The fourth-order valence-corrected chi connectivity index (χ4v) is 9.62. The van der Waals surface area contributed by atoms with Gasteiger partial charge in [0.05, 0.1) is 38.5 Å². The summed E-state index contributed by atoms with van der Waals surface area (Å²) in [6.07, 6.45) is 2.49. The third-order valence-electron chi connectivity index (χ3n) is 12.9. The Morgan fingerprint density at radius 2 is 0.974 bits per heavy atom. The Kier molecular flexibility index (Phi) is 22.2. The van der Waals surface area contributed by atoms with Crippen LogP contribution in [-0.2, 0) is 68.7 Å². The van der Waals surface area contributed by atoms with E-state index in [0.717, 1.165) is 45.9 Å². The summed E-state index contributed by atoms with van der Waals surface area (Å²) in [4.78, 5) is 24.2. The van der Waals surface area contributed by atoms with Crippen LogP contribution in [-0.4, -0.2) is 80.5 Å². The molecular weight excluding hydrogens is 1100 g/mol. The number of aliphatic carboxylic acids is 2. The molecular formula is C55H63Cl2NO14S4. The zero-order chi connectivity index (χ0) is 54.2. The molecule has 6 rings (SSSR count). The van der Waals surface area contributed by atoms with Crippen LogP contribution in [0.2, 0.25) is 10.0 Å². The molecule has 21 heteroatoms. The number of sulfone groups is 2. The van der Waals surface area contributed by atoms with Crippen LogP contribution in [0.3, 0.4) is 0 Å². The van der Waals surface area contributed by atoms with Crippen molar-refractivity contribution >= 4 is 81.8 Å². The molecule has 0 aromatic heterocycles. The summed E-state index contributed by atoms with van der Waals surface area (Å²) in [6, 6.07) is 30.8. The molecule has 0 heterocycles. The van der Waals surface area contributed by atoms with Crippen molar-refractivity contribution in [3.05, 3.63) is 164 Å². The molecule has 0 aliphatic rings. The highest BCUT2D eigenvalue weighted by atomic mass is 35.5. The van der Waals surface area contributed by atoms with E-state index in [9.17, 15) is 46.9 Å². The summed E-state index contributed by atoms with van der Waals surface area (Å²) >= 11 is 13.6. The number of benzene rings is 6. The van der Waals surface area contributed by atoms with Gasteiger partial charge in [0.25, 0.3) is 0 Å². The van der Waals surface area contributed by atoms with Crippen molar-refractivity contribution in [3.63, 3.8) is 0 Å². The maximum absolute atomic E-state index is 12.3. The van der Waals surface area contributed by atoms with Crippen LogP contribution >= 0.6 is 50.2 Å². The lowest BCUT2D eigenvalue weighted by atomic mass is 9.85. The number of aliphatic hydroxyl groups excluding tert-OH is 2. The molecule has 0 amide bonds. The van der Waals surface area contributed by atoms with Crippen LogP contribution in [0, 0.1) is 19.3 Å². The van der Waals surface area contributed by atoms with Gasteiger partial charge in [-0.1, -0.05) is 83.9 Å². The molecule has 76 heavy (non-hydrogen) atoms. The fraction of sp³-hybridized carbons (Fsp3) is 0.309. The average molecular weight is 1160 g/mol. The quantitative estimate of drug-likeness (QED) is 0.0359. The van der Waals surface area contributed by atoms with Gasteiger partial charge in [0.2, 0.25) is 0 Å². The van der Waals surface area contributed by atoms with Crippen molar-refractivity contribution < 1.29 is 65.8 Å². The Labute approximate surface area is 467 Å². The van der Waals surface area contributed by atoms with Gasteiger partial charge in [0.15, 0.2) is 19.7 Å². The van der Waals surface area contributed by atoms with Crippen molar-refractivity contribution in [1.29, 1.82) is 0 Å². The largest absolute Gasteiger partial charge is 0.488 e. The number of rotatable bonds is 25. The van der Waals surface area contributed by atoms with E-state index in [1.165, 1.54) is 38.1 Å². The number of aliphatic hydroxyl groups is 2. The lowest BCUT2D eigenvalue weighted by molar-refractivity contribution is -0.150. The Hall–Kier alpha value is -5.48. The minimum absolute atomic E-state index is 0. The fourth-order valence-electron chi connectivity index (χ4n) is 7.76. The number of carbonyl (C=O) groups is 2. The standard InChI is InChI=1S/C55H59Cl2NO14S2.2H2S/c1-34-39(30-71-50-25-48(69-28-36-11-7-15-42(21-36)73(5,65)66)38(23-46(50)56)19-20-54(3,32-59)52(61)62)13-9-17-44(34)45-18-10-14-40(35(45)2)31-72-51-26-49(70-29-37-12-8-16-43(22-37)74(6,67)68)41(24-47(51)57)27-58-55(4,33-60)53(63)64;;/h7-18,21-26,58-60H,19-20,27-33H2,1-6H3,(H,61,62)(H,63,64);2*1H2/t54-,55-;;/m0../s1. The summed E-state index contributed by atoms with van der Waals surface area (Å²) in [6.45, 7) is 5.57. The SMILES string of the molecule is Cc1c(COc2cc(OCc3cccc(S(C)(=O)=O)c3)c(CC[C@@](C)(CO)C(=O)O)cc2Cl)cccc1-c1cccc(COc2cc(OCc3cccc(S(C)(=O)=O)c3)c(CN[C@@](C)(CO)C(=O)O)cc2Cl)c1C.S.S. The first-order valence-electron chi connectivity index (χ1n) is 23.2. The Morgan fingerprint density at radius 1 is 0.553 bits per heavy atom. The topological polar surface area (TPSA) is 232 Å². The summed E-state index contributed by atoms with van der Waals surface area (Å²) in [5.74, 6) is -1.23. The first-order chi connectivity index (χ1) is 34.8. The number of carboxylic acids is 2. The van der Waals surface area contributed by atoms with Gasteiger partial charge in [-0.25, -0.2) is 16.8 Å². The second kappa shape index (κ2) is 26.7. The monoisotopic (exact) mass is 1160 g/mol. The van der Waals surface area contributed by atoms with Crippen molar-refractivity contribution in [2.45, 2.75) is 88.8 Å². The van der Waals surface area contributed by atoms with Crippen molar-refractivity contribution in [2.75, 3.05) is 25.7 Å². The van der Waals surface area contributed by atoms with E-state index in [1.54, 1.807) is 48.5 Å². The molecule has 15 nitrogen and oxygen atoms in total. The van der Waals surface area contributed by atoms with Crippen LogP contribution in [0.5, 0.6) is 23.0 Å². The van der Waals surface area contributed by atoms with Crippen LogP contribution in [0.1, 0.15) is 64.8 Å². The molecule has 0 spiro atoms. The average Bonchev–Trinajstić information content (AvgIpc) is 3.36. The van der Waals surface area contributed by atoms with Gasteiger partial charge in [0.1, 0.15) is 55.0 Å². The van der Waals surface area contributed by atoms with E-state index < -0.39 is 55.8 Å². The van der Waals surface area contributed by atoms with Gasteiger partial charge in [-0.15, -0.1) is 0 Å². The number of halogens is 2. The van der Waals surface area contributed by atoms with Crippen LogP contribution in [0.4, 0.5) is 0 Å². The van der Waals surface area contributed by atoms with Gasteiger partial charge < -0.3 is 39.4 Å². The van der Waals surface area contributed by atoms with E-state index in [4.69, 9.17) is 42.1 Å². The summed E-state index contributed by atoms with van der Waals surface area (Å²) in [5.41, 5.74) is 4.49. The molecule has 0 unspecified atom stereocenters. The summed E-state index contributed by atoms with van der Waals surface area (Å²) in [7, 11) is -6.97. The number of hydrogen-bond acceptors (Lipinski definition) is 13. The molecule has 6 aromatic carbocycles. The Morgan fingerprint density at radius 3 is 1.38 bits per heavy atom. The predicted molar refractivity (Wildman–Crippen MR) is 303 cm³/mol. The van der Waals surface area contributed by atoms with E-state index in [0.29, 0.717) is 33.8 Å². The molecule has 5 N–H and O–H groups in total. The third-order valence-corrected chi connectivity index (χ3v) is 15.7. The predicted octanol–water partition coefficient (Wildman–Crippen LogP) is 9.57. The van der Waals surface area contributed by atoms with Gasteiger partial charge >= 0.3 is 11.9 Å². The van der Waals surface area contributed by atoms with Gasteiger partial charge in [0, 0.05) is 36.8 Å². The highest BCUT2D eigenvalue weighted by Crippen LogP contribution is 2.39. The maximum atomic E-state index is 12.3. The number of nitrogens with one attached hydrogen (secondary N) is 1. The minimum Gasteiger partial charge on any atom is -0.488 e. The molecule has 0 aliphatic carbocycles. The maximum Gasteiger partial charge on any atom is 0.326 e. The van der Waals surface area contributed by atoms with Crippen molar-refractivity contribution in [2.24, 2.45) is 5.41 Å². The third kappa shape index (κ3) is 15.8. The number of aryl methyl sites for hydroxylation is 1. The highest BCUT2D eigenvalue weighted by molar-refractivity contribution is 7.91. The second-order valence-electron chi connectivity index (χ2n) is 18.6. The smallest absolute Gasteiger partial charge is 0.326 e. The molecule has 0 fully saturated rings. The lowest BCUT2D eigenvalue weighted by Crippen LogP contribution is -2.52. The Balaban J connectivity index is 0.00000624. The van der Waals surface area contributed by atoms with Gasteiger partial charge in [-0.3, -0.25) is 14.9 Å². The minimum atomic E-state index is -3.49. The van der Waals surface area contributed by atoms with E-state index in [1.807, 2.05) is 50.2 Å². The molecule has 410 valence electrons. The normalized spacial score (nSPS) is 13.0. The van der Waals surface area contributed by atoms with Crippen LogP contribution in [0.25, 0.3) is 11.1 Å². The summed E-state index contributed by atoms with van der Waals surface area (Å²) in [5, 5.41) is 42.7. The number of ether oxygens (including phenoxy) is 4. The van der Waals surface area contributed by atoms with Gasteiger partial charge in [-0.2, -0.15) is 27.0 Å². The zero-order valence-corrected chi connectivity index (χ0v) is 47.8. The lowest BCUT2D eigenvalue weighted by Gasteiger charge is -2.25.